The molecule has 138 valence electrons. The first-order valence-corrected chi connectivity index (χ1v) is 9.54. The molecule has 3 aliphatic rings. The van der Waals surface area contributed by atoms with E-state index < -0.39 is 17.4 Å². The van der Waals surface area contributed by atoms with Crippen LogP contribution in [0.25, 0.3) is 0 Å². The molecule has 4 atom stereocenters. The van der Waals surface area contributed by atoms with Gasteiger partial charge in [-0.05, 0) is 30.7 Å². The molecule has 3 heterocycles. The number of amides is 1. The second-order valence-corrected chi connectivity index (χ2v) is 7.61. The van der Waals surface area contributed by atoms with Crippen molar-refractivity contribution in [3.05, 3.63) is 41.4 Å². The van der Waals surface area contributed by atoms with Crippen LogP contribution in [-0.2, 0) is 19.1 Å². The third-order valence-corrected chi connectivity index (χ3v) is 5.75. The number of hydrogen-bond donors (Lipinski definition) is 0. The molecular weight excluding hydrogens is 354 g/mol. The summed E-state index contributed by atoms with van der Waals surface area (Å²) in [6, 6.07) is 7.13. The molecule has 0 aliphatic carbocycles. The van der Waals surface area contributed by atoms with E-state index >= 15 is 0 Å². The summed E-state index contributed by atoms with van der Waals surface area (Å²) < 4.78 is 11.5. The molecule has 2 fully saturated rings. The molecule has 3 aliphatic heterocycles. The van der Waals surface area contributed by atoms with Crippen LogP contribution in [0.5, 0.6) is 0 Å². The second-order valence-electron chi connectivity index (χ2n) is 7.18. The first-order chi connectivity index (χ1) is 12.6. The lowest BCUT2D eigenvalue weighted by atomic mass is 9.77. The number of ether oxygens (including phenoxy) is 2. The van der Waals surface area contributed by atoms with E-state index in [9.17, 15) is 9.59 Å². The molecule has 5 nitrogen and oxygen atoms in total. The number of esters is 1. The lowest BCUT2D eigenvalue weighted by molar-refractivity contribution is -0.152. The fourth-order valence-corrected chi connectivity index (χ4v) is 4.35. The van der Waals surface area contributed by atoms with E-state index in [2.05, 4.69) is 6.92 Å². The summed E-state index contributed by atoms with van der Waals surface area (Å²) in [5.41, 5.74) is 0.0350. The minimum Gasteiger partial charge on any atom is -0.465 e. The van der Waals surface area contributed by atoms with Crippen molar-refractivity contribution in [1.29, 1.82) is 0 Å². The van der Waals surface area contributed by atoms with Crippen LogP contribution in [0, 0.1) is 11.8 Å². The fourth-order valence-electron chi connectivity index (χ4n) is 4.23. The summed E-state index contributed by atoms with van der Waals surface area (Å²) in [4.78, 5) is 27.5. The third-order valence-electron chi connectivity index (χ3n) is 5.50. The number of hydrogen-bond acceptors (Lipinski definition) is 4. The molecule has 0 aromatic heterocycles. The third kappa shape index (κ3) is 2.74. The van der Waals surface area contributed by atoms with Crippen LogP contribution < -0.4 is 4.90 Å². The monoisotopic (exact) mass is 375 g/mol. The minimum absolute atomic E-state index is 0.0883. The Morgan fingerprint density at radius 2 is 2.12 bits per heavy atom. The van der Waals surface area contributed by atoms with E-state index in [1.165, 1.54) is 0 Å². The van der Waals surface area contributed by atoms with Gasteiger partial charge in [-0.25, -0.2) is 0 Å². The molecular formula is C20H22ClNO4. The molecule has 2 saturated heterocycles. The van der Waals surface area contributed by atoms with Gasteiger partial charge in [0.15, 0.2) is 0 Å². The van der Waals surface area contributed by atoms with Gasteiger partial charge in [-0.3, -0.25) is 9.59 Å². The van der Waals surface area contributed by atoms with E-state index in [0.717, 1.165) is 24.9 Å². The molecule has 0 saturated carbocycles. The van der Waals surface area contributed by atoms with Crippen LogP contribution in [0.3, 0.4) is 0 Å². The Morgan fingerprint density at radius 1 is 1.35 bits per heavy atom. The first kappa shape index (κ1) is 17.6. The van der Waals surface area contributed by atoms with E-state index in [0.29, 0.717) is 18.2 Å². The average molecular weight is 376 g/mol. The van der Waals surface area contributed by atoms with Crippen LogP contribution in [0.2, 0.25) is 5.02 Å². The van der Waals surface area contributed by atoms with Crippen molar-refractivity contribution in [3.63, 3.8) is 0 Å². The maximum Gasteiger partial charge on any atom is 0.312 e. The molecule has 0 unspecified atom stereocenters. The van der Waals surface area contributed by atoms with Crippen LogP contribution in [0.15, 0.2) is 36.4 Å². The van der Waals surface area contributed by atoms with Crippen LogP contribution >= 0.6 is 11.6 Å². The highest BCUT2D eigenvalue weighted by molar-refractivity contribution is 6.30. The normalized spacial score (nSPS) is 31.5. The Morgan fingerprint density at radius 3 is 2.85 bits per heavy atom. The molecule has 0 N–H and O–H groups in total. The highest BCUT2D eigenvalue weighted by Crippen LogP contribution is 2.52. The fraction of sp³-hybridized carbons (Fsp3) is 0.500. The summed E-state index contributed by atoms with van der Waals surface area (Å²) in [5.74, 6) is -1.50. The second kappa shape index (κ2) is 6.71. The smallest absolute Gasteiger partial charge is 0.312 e. The summed E-state index contributed by atoms with van der Waals surface area (Å²) in [7, 11) is 0. The minimum atomic E-state index is -0.728. The maximum atomic E-state index is 13.1. The van der Waals surface area contributed by atoms with Gasteiger partial charge in [0.1, 0.15) is 11.5 Å². The highest BCUT2D eigenvalue weighted by atomic mass is 35.5. The first-order valence-electron chi connectivity index (χ1n) is 9.16. The van der Waals surface area contributed by atoms with Gasteiger partial charge in [0.2, 0.25) is 5.91 Å². The quantitative estimate of drug-likeness (QED) is 0.434. The number of rotatable bonds is 6. The van der Waals surface area contributed by atoms with Crippen molar-refractivity contribution in [3.8, 4) is 0 Å². The number of benzene rings is 1. The molecule has 4 rings (SSSR count). The van der Waals surface area contributed by atoms with Gasteiger partial charge in [-0.2, -0.15) is 0 Å². The largest absolute Gasteiger partial charge is 0.465 e. The molecule has 6 heteroatoms. The van der Waals surface area contributed by atoms with Gasteiger partial charge < -0.3 is 14.4 Å². The number of nitrogens with zero attached hydrogens (tertiary/aromatic N) is 1. The van der Waals surface area contributed by atoms with Crippen LogP contribution in [0.4, 0.5) is 5.69 Å². The summed E-state index contributed by atoms with van der Waals surface area (Å²) >= 11 is 5.95. The zero-order chi connectivity index (χ0) is 18.3. The average Bonchev–Trinajstić information content (AvgIpc) is 3.28. The van der Waals surface area contributed by atoms with Gasteiger partial charge >= 0.3 is 5.97 Å². The van der Waals surface area contributed by atoms with Gasteiger partial charge in [0.25, 0.3) is 0 Å². The predicted octanol–water partition coefficient (Wildman–Crippen LogP) is 3.36. The Kier molecular flexibility index (Phi) is 4.53. The summed E-state index contributed by atoms with van der Waals surface area (Å²) in [5, 5.41) is 0.615. The number of carbonyl (C=O) groups excluding carboxylic acids is 2. The molecule has 26 heavy (non-hydrogen) atoms. The number of halogens is 1. The zero-order valence-corrected chi connectivity index (χ0v) is 15.4. The lowest BCUT2D eigenvalue weighted by Crippen LogP contribution is -2.40. The molecule has 1 amide bonds. The van der Waals surface area contributed by atoms with Crippen molar-refractivity contribution >= 4 is 29.2 Å². The van der Waals surface area contributed by atoms with Crippen LogP contribution in [-0.4, -0.2) is 36.7 Å². The van der Waals surface area contributed by atoms with E-state index in [1.807, 2.05) is 24.3 Å². The van der Waals surface area contributed by atoms with E-state index in [-0.39, 0.29) is 18.0 Å². The van der Waals surface area contributed by atoms with Gasteiger partial charge in [0, 0.05) is 10.7 Å². The van der Waals surface area contributed by atoms with Crippen molar-refractivity contribution in [2.24, 2.45) is 11.8 Å². The Labute approximate surface area is 157 Å². The number of fused-ring (bicyclic) bond motifs is 1. The maximum absolute atomic E-state index is 13.1. The van der Waals surface area contributed by atoms with Crippen molar-refractivity contribution in [2.75, 3.05) is 18.1 Å². The highest BCUT2D eigenvalue weighted by Gasteiger charge is 2.67. The molecule has 1 aromatic carbocycles. The molecule has 2 bridgehead atoms. The number of carbonyl (C=O) groups is 2. The SMILES string of the molecule is CCCCCOC(=O)[C@H]1[C@@H]2C=C[C@]3(CN(c4ccc(Cl)cc4)C(=O)[C@H]13)O2. The van der Waals surface area contributed by atoms with E-state index in [1.54, 1.807) is 17.0 Å². The zero-order valence-electron chi connectivity index (χ0n) is 14.7. The van der Waals surface area contributed by atoms with Crippen LogP contribution in [0.1, 0.15) is 26.2 Å². The van der Waals surface area contributed by atoms with Gasteiger partial charge in [-0.15, -0.1) is 0 Å². The number of unbranched alkanes of at least 4 members (excludes halogenated alkanes) is 2. The predicted molar refractivity (Wildman–Crippen MR) is 98.0 cm³/mol. The standard InChI is InChI=1S/C20H22ClNO4/c1-2-3-4-11-25-19(24)16-15-9-10-20(26-15)12-22(18(23)17(16)20)14-7-5-13(21)6-8-14/h5-10,15-17H,2-4,11-12H2,1H3/t15-,16-,17-,20+/m0/s1. The van der Waals surface area contributed by atoms with Crippen molar-refractivity contribution in [1.82, 2.24) is 0 Å². The van der Waals surface area contributed by atoms with Crippen molar-refractivity contribution in [2.45, 2.75) is 37.9 Å². The topological polar surface area (TPSA) is 55.8 Å². The number of anilines is 1. The van der Waals surface area contributed by atoms with E-state index in [4.69, 9.17) is 21.1 Å². The van der Waals surface area contributed by atoms with Crippen molar-refractivity contribution < 1.29 is 19.1 Å². The Balaban J connectivity index is 1.53. The Hall–Kier alpha value is -1.85. The van der Waals surface area contributed by atoms with Gasteiger partial charge in [-0.1, -0.05) is 43.5 Å². The molecule has 1 aromatic rings. The Bertz CT molecular complexity index is 747. The summed E-state index contributed by atoms with van der Waals surface area (Å²) in [6.07, 6.45) is 6.40. The molecule has 0 radical (unpaired) electrons. The lowest BCUT2D eigenvalue weighted by Gasteiger charge is -2.22. The summed E-state index contributed by atoms with van der Waals surface area (Å²) in [6.45, 7) is 2.90. The molecule has 1 spiro atoms. The van der Waals surface area contributed by atoms with Gasteiger partial charge in [0.05, 0.1) is 25.2 Å².